The Labute approximate surface area is 107 Å². The Balaban J connectivity index is 2.51. The number of aromatic nitrogens is 2. The van der Waals surface area contributed by atoms with Crippen LogP contribution in [0.15, 0.2) is 35.3 Å². The zero-order valence-electron chi connectivity index (χ0n) is 9.44. The number of nitrogens with zero attached hydrogens (tertiary/aromatic N) is 1. The van der Waals surface area contributed by atoms with Crippen LogP contribution in [0.5, 0.6) is 0 Å². The third-order valence-corrected chi connectivity index (χ3v) is 2.53. The fraction of sp³-hybridized carbons (Fsp3) is 0.0833. The van der Waals surface area contributed by atoms with Crippen LogP contribution in [0.4, 0.5) is 0 Å². The highest BCUT2D eigenvalue weighted by atomic mass is 35.5. The molecule has 0 saturated heterocycles. The molecule has 0 aliphatic heterocycles. The molecule has 0 fully saturated rings. The highest BCUT2D eigenvalue weighted by Gasteiger charge is 2.09. The molecule has 0 aromatic carbocycles. The second-order valence-corrected chi connectivity index (χ2v) is 3.90. The number of carbonyl (C=O) groups is 1. The molecule has 92 valence electrons. The topological polar surface area (TPSA) is 72.0 Å². The average Bonchev–Trinajstić information content (AvgIpc) is 2.38. The van der Waals surface area contributed by atoms with Crippen LogP contribution in [-0.4, -0.2) is 23.0 Å². The van der Waals surface area contributed by atoms with Crippen LogP contribution in [0, 0.1) is 0 Å². The predicted octanol–water partition coefficient (Wildman–Crippen LogP) is 1.88. The van der Waals surface area contributed by atoms with Crippen molar-refractivity contribution in [3.63, 3.8) is 0 Å². The van der Waals surface area contributed by atoms with Crippen LogP contribution >= 0.6 is 11.6 Å². The van der Waals surface area contributed by atoms with E-state index in [1.165, 1.54) is 25.4 Å². The Morgan fingerprint density at radius 2 is 2.11 bits per heavy atom. The van der Waals surface area contributed by atoms with Crippen molar-refractivity contribution in [2.45, 2.75) is 0 Å². The number of carbonyl (C=O) groups excluding carboxylic acids is 1. The van der Waals surface area contributed by atoms with Crippen LogP contribution in [0.3, 0.4) is 0 Å². The van der Waals surface area contributed by atoms with Gasteiger partial charge in [-0.2, -0.15) is 0 Å². The van der Waals surface area contributed by atoms with E-state index in [0.29, 0.717) is 16.3 Å². The van der Waals surface area contributed by atoms with Gasteiger partial charge in [0, 0.05) is 17.8 Å². The first-order chi connectivity index (χ1) is 8.60. The lowest BCUT2D eigenvalue weighted by molar-refractivity contribution is 0.0594. The number of rotatable bonds is 2. The van der Waals surface area contributed by atoms with E-state index in [4.69, 9.17) is 11.6 Å². The number of H-pyrrole nitrogens is 1. The van der Waals surface area contributed by atoms with Gasteiger partial charge in [-0.1, -0.05) is 11.6 Å². The Morgan fingerprint density at radius 1 is 1.33 bits per heavy atom. The Kier molecular flexibility index (Phi) is 3.43. The van der Waals surface area contributed by atoms with E-state index in [1.807, 2.05) is 0 Å². The van der Waals surface area contributed by atoms with Crippen molar-refractivity contribution in [3.05, 3.63) is 51.7 Å². The standard InChI is InChI=1S/C12H9ClN2O3/c1-18-12(17)9-4-8(5-11(16)15-9)7-2-3-10(13)14-6-7/h2-6H,1H3,(H,15,16). The average molecular weight is 265 g/mol. The molecule has 0 amide bonds. The van der Waals surface area contributed by atoms with Gasteiger partial charge in [0.15, 0.2) is 0 Å². The lowest BCUT2D eigenvalue weighted by Gasteiger charge is -2.03. The van der Waals surface area contributed by atoms with Gasteiger partial charge in [0.25, 0.3) is 0 Å². The molecular formula is C12H9ClN2O3. The fourth-order valence-electron chi connectivity index (χ4n) is 1.48. The second-order valence-electron chi connectivity index (χ2n) is 3.51. The van der Waals surface area contributed by atoms with Crippen molar-refractivity contribution in [2.75, 3.05) is 7.11 Å². The Bertz CT molecular complexity index is 635. The minimum atomic E-state index is -0.601. The van der Waals surface area contributed by atoms with E-state index in [9.17, 15) is 9.59 Å². The SMILES string of the molecule is COC(=O)c1cc(-c2ccc(Cl)nc2)cc(=O)[nH]1. The minimum absolute atomic E-state index is 0.0925. The normalized spacial score (nSPS) is 10.1. The first-order valence-corrected chi connectivity index (χ1v) is 5.42. The van der Waals surface area contributed by atoms with E-state index in [-0.39, 0.29) is 11.3 Å². The predicted molar refractivity (Wildman–Crippen MR) is 66.6 cm³/mol. The zero-order valence-corrected chi connectivity index (χ0v) is 10.2. The molecule has 2 heterocycles. The lowest BCUT2D eigenvalue weighted by atomic mass is 10.1. The number of hydrogen-bond donors (Lipinski definition) is 1. The van der Waals surface area contributed by atoms with Gasteiger partial charge in [-0.3, -0.25) is 4.79 Å². The molecule has 0 saturated carbocycles. The molecule has 0 bridgehead atoms. The fourth-order valence-corrected chi connectivity index (χ4v) is 1.59. The summed E-state index contributed by atoms with van der Waals surface area (Å²) in [7, 11) is 1.25. The summed E-state index contributed by atoms with van der Waals surface area (Å²) in [5, 5.41) is 0.358. The van der Waals surface area contributed by atoms with Gasteiger partial charge >= 0.3 is 5.97 Å². The highest BCUT2D eigenvalue weighted by molar-refractivity contribution is 6.29. The molecule has 0 aliphatic rings. The third kappa shape index (κ3) is 2.57. The molecule has 6 heteroatoms. The summed E-state index contributed by atoms with van der Waals surface area (Å²) >= 11 is 5.68. The van der Waals surface area contributed by atoms with E-state index in [2.05, 4.69) is 14.7 Å². The van der Waals surface area contributed by atoms with Gasteiger partial charge < -0.3 is 9.72 Å². The number of esters is 1. The lowest BCUT2D eigenvalue weighted by Crippen LogP contribution is -2.13. The molecule has 2 aromatic heterocycles. The second kappa shape index (κ2) is 5.01. The highest BCUT2D eigenvalue weighted by Crippen LogP contribution is 2.18. The van der Waals surface area contributed by atoms with Crippen molar-refractivity contribution in [1.29, 1.82) is 0 Å². The Hall–Kier alpha value is -2.14. The molecule has 1 N–H and O–H groups in total. The summed E-state index contributed by atoms with van der Waals surface area (Å²) in [6.45, 7) is 0. The first-order valence-electron chi connectivity index (χ1n) is 5.05. The first kappa shape index (κ1) is 12.3. The largest absolute Gasteiger partial charge is 0.464 e. The maximum absolute atomic E-state index is 11.5. The van der Waals surface area contributed by atoms with Gasteiger partial charge in [0.2, 0.25) is 5.56 Å². The molecule has 18 heavy (non-hydrogen) atoms. The molecule has 0 spiro atoms. The van der Waals surface area contributed by atoms with Gasteiger partial charge in [-0.05, 0) is 23.8 Å². The van der Waals surface area contributed by atoms with Crippen LogP contribution < -0.4 is 5.56 Å². The maximum Gasteiger partial charge on any atom is 0.354 e. The number of halogens is 1. The van der Waals surface area contributed by atoms with Crippen molar-refractivity contribution < 1.29 is 9.53 Å². The molecular weight excluding hydrogens is 256 g/mol. The van der Waals surface area contributed by atoms with Crippen molar-refractivity contribution in [1.82, 2.24) is 9.97 Å². The Morgan fingerprint density at radius 3 is 2.72 bits per heavy atom. The number of nitrogens with one attached hydrogen (secondary N) is 1. The third-order valence-electron chi connectivity index (χ3n) is 2.31. The van der Waals surface area contributed by atoms with E-state index < -0.39 is 5.97 Å². The molecule has 5 nitrogen and oxygen atoms in total. The van der Waals surface area contributed by atoms with Crippen molar-refractivity contribution in [2.24, 2.45) is 0 Å². The number of hydrogen-bond acceptors (Lipinski definition) is 4. The quantitative estimate of drug-likeness (QED) is 0.664. The van der Waals surface area contributed by atoms with Gasteiger partial charge in [-0.15, -0.1) is 0 Å². The summed E-state index contributed by atoms with van der Waals surface area (Å²) in [5.74, 6) is -0.601. The molecule has 0 atom stereocenters. The maximum atomic E-state index is 11.5. The molecule has 0 unspecified atom stereocenters. The number of aromatic amines is 1. The molecule has 2 aromatic rings. The van der Waals surface area contributed by atoms with E-state index in [0.717, 1.165) is 0 Å². The number of methoxy groups -OCH3 is 1. The van der Waals surface area contributed by atoms with Gasteiger partial charge in [-0.25, -0.2) is 9.78 Å². The van der Waals surface area contributed by atoms with Gasteiger partial charge in [0.05, 0.1) is 7.11 Å². The van der Waals surface area contributed by atoms with Crippen LogP contribution in [0.1, 0.15) is 10.5 Å². The molecule has 2 rings (SSSR count). The van der Waals surface area contributed by atoms with E-state index >= 15 is 0 Å². The van der Waals surface area contributed by atoms with Crippen molar-refractivity contribution >= 4 is 17.6 Å². The monoisotopic (exact) mass is 264 g/mol. The molecule has 0 radical (unpaired) electrons. The van der Waals surface area contributed by atoms with Crippen LogP contribution in [0.2, 0.25) is 5.15 Å². The minimum Gasteiger partial charge on any atom is -0.464 e. The summed E-state index contributed by atoms with van der Waals surface area (Å²) in [5.41, 5.74) is 0.969. The van der Waals surface area contributed by atoms with Crippen molar-refractivity contribution in [3.8, 4) is 11.1 Å². The summed E-state index contributed by atoms with van der Waals surface area (Å²) < 4.78 is 4.56. The zero-order chi connectivity index (χ0) is 13.1. The summed E-state index contributed by atoms with van der Waals surface area (Å²) in [6, 6.07) is 6.22. The van der Waals surface area contributed by atoms with Gasteiger partial charge in [0.1, 0.15) is 10.8 Å². The summed E-state index contributed by atoms with van der Waals surface area (Å²) in [4.78, 5) is 29.2. The van der Waals surface area contributed by atoms with Crippen LogP contribution in [-0.2, 0) is 4.74 Å². The molecule has 0 aliphatic carbocycles. The summed E-state index contributed by atoms with van der Waals surface area (Å²) in [6.07, 6.45) is 1.53. The smallest absolute Gasteiger partial charge is 0.354 e. The van der Waals surface area contributed by atoms with Crippen LogP contribution in [0.25, 0.3) is 11.1 Å². The number of pyridine rings is 2. The van der Waals surface area contributed by atoms with E-state index in [1.54, 1.807) is 12.1 Å². The number of ether oxygens (including phenoxy) is 1.